The third-order valence-electron chi connectivity index (χ3n) is 6.52. The van der Waals surface area contributed by atoms with Crippen molar-refractivity contribution in [1.29, 1.82) is 0 Å². The van der Waals surface area contributed by atoms with Crippen LogP contribution in [-0.2, 0) is 16.1 Å². The highest BCUT2D eigenvalue weighted by molar-refractivity contribution is 8.01. The Morgan fingerprint density at radius 2 is 1.87 bits per heavy atom. The van der Waals surface area contributed by atoms with Gasteiger partial charge in [0.05, 0.1) is 29.0 Å². The van der Waals surface area contributed by atoms with Crippen LogP contribution in [0.1, 0.15) is 42.9 Å². The fourth-order valence-corrected chi connectivity index (χ4v) is 6.73. The summed E-state index contributed by atoms with van der Waals surface area (Å²) in [5, 5.41) is 15.1. The lowest BCUT2D eigenvalue weighted by Gasteiger charge is -2.41. The number of thioether (sulfide) groups is 1. The molecule has 4 atom stereocenters. The van der Waals surface area contributed by atoms with E-state index in [1.807, 2.05) is 73.7 Å². The number of amides is 2. The number of carbonyl (C=O) groups is 1. The van der Waals surface area contributed by atoms with E-state index in [4.69, 9.17) is 14.5 Å². The largest absolute Gasteiger partial charge is 0.392 e. The molecule has 38 heavy (non-hydrogen) atoms. The molecule has 1 saturated heterocycles. The number of para-hydroxylation sites is 1. The van der Waals surface area contributed by atoms with Gasteiger partial charge in [-0.3, -0.25) is 0 Å². The highest BCUT2D eigenvalue weighted by atomic mass is 32.2. The standard InChI is InChI=1S/C29H31N3O4S2/c1-3-30-28(34)31-22-8-6-7-21(15-22)27-35-24(17-37-29-32-23-9-4-5-10-25(23)38-29)18(2)26(36-27)20-13-11-19(16-33)12-14-20/h4-15,18,24,26-27,33H,3,16-17H2,1-2H3,(H2,30,31,34)/t18-,24+,26+,27+/m0/s1. The molecular formula is C29H31N3O4S2. The van der Waals surface area contributed by atoms with Crippen LogP contribution in [0.5, 0.6) is 0 Å². The molecule has 1 aliphatic rings. The number of aliphatic hydroxyl groups excluding tert-OH is 1. The third kappa shape index (κ3) is 6.19. The van der Waals surface area contributed by atoms with E-state index in [0.29, 0.717) is 12.2 Å². The predicted octanol–water partition coefficient (Wildman–Crippen LogP) is 6.51. The minimum absolute atomic E-state index is 0.0000729. The van der Waals surface area contributed by atoms with Crippen molar-refractivity contribution >= 4 is 45.0 Å². The van der Waals surface area contributed by atoms with Crippen LogP contribution in [-0.4, -0.2) is 34.5 Å². The number of hydrogen-bond acceptors (Lipinski definition) is 7. The Hall–Kier alpha value is -2.95. The summed E-state index contributed by atoms with van der Waals surface area (Å²) in [6.45, 7) is 4.57. The lowest BCUT2D eigenvalue weighted by atomic mass is 9.91. The lowest BCUT2D eigenvalue weighted by Crippen LogP contribution is -2.38. The number of nitrogens with one attached hydrogen (secondary N) is 2. The van der Waals surface area contributed by atoms with Gasteiger partial charge in [-0.2, -0.15) is 0 Å². The van der Waals surface area contributed by atoms with Crippen molar-refractivity contribution < 1.29 is 19.4 Å². The molecule has 2 heterocycles. The quantitative estimate of drug-likeness (QED) is 0.217. The average Bonchev–Trinajstić information content (AvgIpc) is 3.36. The van der Waals surface area contributed by atoms with Crippen molar-refractivity contribution in [3.8, 4) is 0 Å². The lowest BCUT2D eigenvalue weighted by molar-refractivity contribution is -0.268. The fraction of sp³-hybridized carbons (Fsp3) is 0.310. The van der Waals surface area contributed by atoms with Crippen molar-refractivity contribution in [2.24, 2.45) is 5.92 Å². The Bertz CT molecular complexity index is 1340. The number of rotatable bonds is 8. The molecule has 7 nitrogen and oxygen atoms in total. The highest BCUT2D eigenvalue weighted by Gasteiger charge is 2.38. The van der Waals surface area contributed by atoms with Gasteiger partial charge in [-0.05, 0) is 42.3 Å². The molecule has 1 aromatic heterocycles. The molecule has 0 unspecified atom stereocenters. The molecule has 4 aromatic rings. The van der Waals surface area contributed by atoms with Crippen LogP contribution in [0.15, 0.2) is 77.1 Å². The van der Waals surface area contributed by atoms with Crippen molar-refractivity contribution in [3.05, 3.63) is 89.5 Å². The van der Waals surface area contributed by atoms with Crippen LogP contribution < -0.4 is 10.6 Å². The Kier molecular flexibility index (Phi) is 8.61. The average molecular weight is 550 g/mol. The first-order chi connectivity index (χ1) is 18.5. The number of nitrogens with zero attached hydrogens (tertiary/aromatic N) is 1. The van der Waals surface area contributed by atoms with Crippen LogP contribution in [0.25, 0.3) is 10.2 Å². The van der Waals surface area contributed by atoms with Crippen LogP contribution >= 0.6 is 23.1 Å². The van der Waals surface area contributed by atoms with E-state index in [1.165, 1.54) is 4.70 Å². The van der Waals surface area contributed by atoms with Gasteiger partial charge < -0.3 is 25.2 Å². The molecule has 198 valence electrons. The van der Waals surface area contributed by atoms with Crippen molar-refractivity contribution in [2.75, 3.05) is 17.6 Å². The molecule has 0 saturated carbocycles. The van der Waals surface area contributed by atoms with Crippen molar-refractivity contribution in [2.45, 2.75) is 43.3 Å². The zero-order chi connectivity index (χ0) is 26.5. The van der Waals surface area contributed by atoms with E-state index < -0.39 is 6.29 Å². The van der Waals surface area contributed by atoms with E-state index in [2.05, 4.69) is 23.6 Å². The van der Waals surface area contributed by atoms with Gasteiger partial charge in [-0.15, -0.1) is 11.3 Å². The van der Waals surface area contributed by atoms with E-state index in [-0.39, 0.29) is 30.8 Å². The van der Waals surface area contributed by atoms with E-state index in [9.17, 15) is 9.90 Å². The van der Waals surface area contributed by atoms with Gasteiger partial charge in [0.2, 0.25) is 0 Å². The Morgan fingerprint density at radius 1 is 1.05 bits per heavy atom. The maximum Gasteiger partial charge on any atom is 0.319 e. The Labute approximate surface area is 230 Å². The summed E-state index contributed by atoms with van der Waals surface area (Å²) in [4.78, 5) is 16.8. The number of hydrogen-bond donors (Lipinski definition) is 3. The Morgan fingerprint density at radius 3 is 2.63 bits per heavy atom. The molecular weight excluding hydrogens is 518 g/mol. The number of aliphatic hydroxyl groups is 1. The second-order valence-corrected chi connectivity index (χ2v) is 11.5. The van der Waals surface area contributed by atoms with Crippen LogP contribution in [0.3, 0.4) is 0 Å². The molecule has 3 aromatic carbocycles. The molecule has 0 bridgehead atoms. The second-order valence-electron chi connectivity index (χ2n) is 9.19. The molecule has 2 amide bonds. The predicted molar refractivity (Wildman–Crippen MR) is 152 cm³/mol. The molecule has 5 rings (SSSR count). The third-order valence-corrected chi connectivity index (χ3v) is 8.79. The number of fused-ring (bicyclic) bond motifs is 1. The number of benzene rings is 3. The van der Waals surface area contributed by atoms with Gasteiger partial charge in [0.1, 0.15) is 0 Å². The van der Waals surface area contributed by atoms with E-state index >= 15 is 0 Å². The van der Waals surface area contributed by atoms with Gasteiger partial charge in [0, 0.05) is 29.5 Å². The summed E-state index contributed by atoms with van der Waals surface area (Å²) in [6, 6.07) is 23.4. The number of carbonyl (C=O) groups excluding carboxylic acids is 1. The normalized spacial score (nSPS) is 21.3. The molecule has 0 spiro atoms. The number of ether oxygens (including phenoxy) is 2. The van der Waals surface area contributed by atoms with Crippen LogP contribution in [0.2, 0.25) is 0 Å². The molecule has 3 N–H and O–H groups in total. The summed E-state index contributed by atoms with van der Waals surface area (Å²) in [6.07, 6.45) is -0.915. The second kappa shape index (κ2) is 12.3. The zero-order valence-corrected chi connectivity index (χ0v) is 22.9. The Balaban J connectivity index is 1.39. The van der Waals surface area contributed by atoms with Gasteiger partial charge >= 0.3 is 6.03 Å². The van der Waals surface area contributed by atoms with Gasteiger partial charge in [0.25, 0.3) is 0 Å². The number of urea groups is 1. The minimum atomic E-state index is -0.606. The van der Waals surface area contributed by atoms with Gasteiger partial charge in [-0.1, -0.05) is 67.2 Å². The maximum absolute atomic E-state index is 12.1. The van der Waals surface area contributed by atoms with E-state index in [1.54, 1.807) is 23.1 Å². The fourth-order valence-electron chi connectivity index (χ4n) is 4.47. The molecule has 1 aliphatic heterocycles. The molecule has 0 radical (unpaired) electrons. The van der Waals surface area contributed by atoms with E-state index in [0.717, 1.165) is 32.3 Å². The molecule has 9 heteroatoms. The minimum Gasteiger partial charge on any atom is -0.392 e. The zero-order valence-electron chi connectivity index (χ0n) is 21.3. The topological polar surface area (TPSA) is 92.7 Å². The number of thiazole rings is 1. The monoisotopic (exact) mass is 549 g/mol. The van der Waals surface area contributed by atoms with Gasteiger partial charge in [0.15, 0.2) is 10.6 Å². The highest BCUT2D eigenvalue weighted by Crippen LogP contribution is 2.43. The first-order valence-electron chi connectivity index (χ1n) is 12.7. The maximum atomic E-state index is 12.1. The summed E-state index contributed by atoms with van der Waals surface area (Å²) >= 11 is 3.39. The summed E-state index contributed by atoms with van der Waals surface area (Å²) < 4.78 is 15.3. The van der Waals surface area contributed by atoms with Crippen LogP contribution in [0, 0.1) is 5.92 Å². The number of aromatic nitrogens is 1. The first kappa shape index (κ1) is 26.6. The number of anilines is 1. The summed E-state index contributed by atoms with van der Waals surface area (Å²) in [5.41, 5.74) is 4.41. The van der Waals surface area contributed by atoms with Crippen molar-refractivity contribution in [3.63, 3.8) is 0 Å². The van der Waals surface area contributed by atoms with Crippen LogP contribution in [0.4, 0.5) is 10.5 Å². The molecule has 1 fully saturated rings. The SMILES string of the molecule is CCNC(=O)Nc1cccc([C@@H]2O[C@H](CSc3nc4ccccc4s3)[C@H](C)[C@H](c3ccc(CO)cc3)O2)c1. The first-order valence-corrected chi connectivity index (χ1v) is 14.5. The van der Waals surface area contributed by atoms with Crippen molar-refractivity contribution in [1.82, 2.24) is 10.3 Å². The smallest absolute Gasteiger partial charge is 0.319 e. The summed E-state index contributed by atoms with van der Waals surface area (Å²) in [7, 11) is 0. The van der Waals surface area contributed by atoms with Gasteiger partial charge in [-0.25, -0.2) is 9.78 Å². The summed E-state index contributed by atoms with van der Waals surface area (Å²) in [5.74, 6) is 0.799. The molecule has 0 aliphatic carbocycles.